The molecule has 0 aliphatic rings. The van der Waals surface area contributed by atoms with E-state index in [1.54, 1.807) is 41.5 Å². The number of thiophene rings is 1. The van der Waals surface area contributed by atoms with Crippen LogP contribution in [0.25, 0.3) is 0 Å². The number of nitrogens with zero attached hydrogens (tertiary/aromatic N) is 1. The Morgan fingerprint density at radius 1 is 1.32 bits per heavy atom. The molecule has 0 unspecified atom stereocenters. The third-order valence-corrected chi connectivity index (χ3v) is 3.95. The first kappa shape index (κ1) is 13.7. The minimum atomic E-state index is -0.277. The quantitative estimate of drug-likeness (QED) is 0.836. The molecule has 0 spiro atoms. The van der Waals surface area contributed by atoms with Crippen LogP contribution in [0.3, 0.4) is 0 Å². The Labute approximate surface area is 116 Å². The zero-order valence-corrected chi connectivity index (χ0v) is 12.1. The lowest BCUT2D eigenvalue weighted by Crippen LogP contribution is -2.26. The molecule has 1 amide bonds. The molecular formula is C15H16FNOS. The van der Waals surface area contributed by atoms with Gasteiger partial charge in [-0.3, -0.25) is 4.79 Å². The summed E-state index contributed by atoms with van der Waals surface area (Å²) in [5, 5.41) is 0. The maximum absolute atomic E-state index is 13.6. The van der Waals surface area contributed by atoms with Gasteiger partial charge in [0.15, 0.2) is 0 Å². The molecule has 0 aliphatic carbocycles. The standard InChI is InChI=1S/C15H16FNOS/c1-10-8-13(11(2)19-10)15(18)17(3)9-12-6-4-5-7-14(12)16/h4-8H,9H2,1-3H3. The molecule has 0 atom stereocenters. The van der Waals surface area contributed by atoms with Crippen molar-refractivity contribution in [2.75, 3.05) is 7.05 Å². The van der Waals surface area contributed by atoms with Crippen LogP contribution < -0.4 is 0 Å². The van der Waals surface area contributed by atoms with E-state index in [0.29, 0.717) is 11.1 Å². The van der Waals surface area contributed by atoms with E-state index >= 15 is 0 Å². The molecule has 2 rings (SSSR count). The Bertz CT molecular complexity index is 606. The van der Waals surface area contributed by atoms with Gasteiger partial charge in [-0.05, 0) is 26.0 Å². The number of aryl methyl sites for hydroxylation is 2. The number of rotatable bonds is 3. The first-order valence-corrected chi connectivity index (χ1v) is 6.86. The molecule has 1 aromatic heterocycles. The molecule has 2 nitrogen and oxygen atoms in total. The third kappa shape index (κ3) is 3.01. The summed E-state index contributed by atoms with van der Waals surface area (Å²) in [5.74, 6) is -0.342. The van der Waals surface area contributed by atoms with E-state index in [-0.39, 0.29) is 18.3 Å². The normalized spacial score (nSPS) is 10.5. The van der Waals surface area contributed by atoms with Gasteiger partial charge < -0.3 is 4.90 Å². The highest BCUT2D eigenvalue weighted by Crippen LogP contribution is 2.22. The Kier molecular flexibility index (Phi) is 4.00. The molecule has 2 aromatic rings. The van der Waals surface area contributed by atoms with Crippen LogP contribution in [-0.2, 0) is 6.54 Å². The molecule has 1 aromatic carbocycles. The van der Waals surface area contributed by atoms with E-state index in [1.807, 2.05) is 19.9 Å². The average molecular weight is 277 g/mol. The summed E-state index contributed by atoms with van der Waals surface area (Å²) in [6.45, 7) is 4.19. The first-order chi connectivity index (χ1) is 8.99. The number of hydrogen-bond donors (Lipinski definition) is 0. The van der Waals surface area contributed by atoms with Crippen LogP contribution in [0.2, 0.25) is 0 Å². The highest BCUT2D eigenvalue weighted by Gasteiger charge is 2.17. The van der Waals surface area contributed by atoms with Gasteiger partial charge in [-0.25, -0.2) is 4.39 Å². The summed E-state index contributed by atoms with van der Waals surface area (Å²) in [6, 6.07) is 8.42. The van der Waals surface area contributed by atoms with E-state index in [0.717, 1.165) is 9.75 Å². The van der Waals surface area contributed by atoms with Gasteiger partial charge in [0.05, 0.1) is 5.56 Å². The van der Waals surface area contributed by atoms with Crippen molar-refractivity contribution in [3.63, 3.8) is 0 Å². The second-order valence-corrected chi connectivity index (χ2v) is 6.04. The molecule has 0 fully saturated rings. The molecule has 0 saturated heterocycles. The second kappa shape index (κ2) is 5.53. The van der Waals surface area contributed by atoms with Gasteiger partial charge in [-0.2, -0.15) is 0 Å². The Morgan fingerprint density at radius 2 is 2.00 bits per heavy atom. The second-order valence-electron chi connectivity index (χ2n) is 4.58. The Hall–Kier alpha value is -1.68. The van der Waals surface area contributed by atoms with Crippen molar-refractivity contribution in [1.82, 2.24) is 4.90 Å². The van der Waals surface area contributed by atoms with Gasteiger partial charge in [0.25, 0.3) is 5.91 Å². The first-order valence-electron chi connectivity index (χ1n) is 6.05. The van der Waals surface area contributed by atoms with E-state index in [1.165, 1.54) is 6.07 Å². The summed E-state index contributed by atoms with van der Waals surface area (Å²) in [6.07, 6.45) is 0. The van der Waals surface area contributed by atoms with E-state index in [4.69, 9.17) is 0 Å². The Morgan fingerprint density at radius 3 is 2.58 bits per heavy atom. The van der Waals surface area contributed by atoms with Crippen LogP contribution in [0.5, 0.6) is 0 Å². The van der Waals surface area contributed by atoms with Gasteiger partial charge in [0, 0.05) is 28.9 Å². The van der Waals surface area contributed by atoms with Crippen molar-refractivity contribution in [2.45, 2.75) is 20.4 Å². The molecule has 0 aliphatic heterocycles. The van der Waals surface area contributed by atoms with Gasteiger partial charge in [0.1, 0.15) is 5.82 Å². The van der Waals surface area contributed by atoms with Crippen molar-refractivity contribution >= 4 is 17.2 Å². The lowest BCUT2D eigenvalue weighted by molar-refractivity contribution is 0.0783. The minimum Gasteiger partial charge on any atom is -0.337 e. The third-order valence-electron chi connectivity index (χ3n) is 2.98. The van der Waals surface area contributed by atoms with Gasteiger partial charge in [0.2, 0.25) is 0 Å². The molecule has 100 valence electrons. The minimum absolute atomic E-state index is 0.0647. The van der Waals surface area contributed by atoms with E-state index in [2.05, 4.69) is 0 Å². The number of halogens is 1. The van der Waals surface area contributed by atoms with Crippen LogP contribution >= 0.6 is 11.3 Å². The molecule has 19 heavy (non-hydrogen) atoms. The van der Waals surface area contributed by atoms with Gasteiger partial charge in [-0.15, -0.1) is 11.3 Å². The number of amides is 1. The van der Waals surface area contributed by atoms with Crippen molar-refractivity contribution < 1.29 is 9.18 Å². The van der Waals surface area contributed by atoms with Crippen LogP contribution in [0, 0.1) is 19.7 Å². The van der Waals surface area contributed by atoms with Crippen molar-refractivity contribution in [1.29, 1.82) is 0 Å². The van der Waals surface area contributed by atoms with E-state index in [9.17, 15) is 9.18 Å². The lowest BCUT2D eigenvalue weighted by Gasteiger charge is -2.17. The summed E-state index contributed by atoms with van der Waals surface area (Å²) in [7, 11) is 1.70. The van der Waals surface area contributed by atoms with E-state index < -0.39 is 0 Å². The molecule has 0 N–H and O–H groups in total. The average Bonchev–Trinajstić information content (AvgIpc) is 2.70. The molecule has 4 heteroatoms. The van der Waals surface area contributed by atoms with Crippen LogP contribution in [-0.4, -0.2) is 17.9 Å². The predicted octanol–water partition coefficient (Wildman–Crippen LogP) is 3.78. The van der Waals surface area contributed by atoms with Crippen LogP contribution in [0.1, 0.15) is 25.7 Å². The molecule has 1 heterocycles. The summed E-state index contributed by atoms with van der Waals surface area (Å²) in [5.41, 5.74) is 1.24. The predicted molar refractivity (Wildman–Crippen MR) is 76.0 cm³/mol. The SMILES string of the molecule is Cc1cc(C(=O)N(C)Cc2ccccc2F)c(C)s1. The summed E-state index contributed by atoms with van der Waals surface area (Å²) in [4.78, 5) is 16.0. The topological polar surface area (TPSA) is 20.3 Å². The fourth-order valence-corrected chi connectivity index (χ4v) is 2.92. The van der Waals surface area contributed by atoms with Crippen molar-refractivity contribution in [3.8, 4) is 0 Å². The smallest absolute Gasteiger partial charge is 0.255 e. The fourth-order valence-electron chi connectivity index (χ4n) is 2.00. The van der Waals surface area contributed by atoms with Crippen LogP contribution in [0.4, 0.5) is 4.39 Å². The maximum Gasteiger partial charge on any atom is 0.255 e. The summed E-state index contributed by atoms with van der Waals surface area (Å²) >= 11 is 1.60. The molecule has 0 bridgehead atoms. The zero-order valence-electron chi connectivity index (χ0n) is 11.2. The highest BCUT2D eigenvalue weighted by atomic mass is 32.1. The van der Waals surface area contributed by atoms with Crippen LogP contribution in [0.15, 0.2) is 30.3 Å². The zero-order chi connectivity index (χ0) is 14.0. The summed E-state index contributed by atoms with van der Waals surface area (Å²) < 4.78 is 13.6. The molecule has 0 saturated carbocycles. The number of benzene rings is 1. The largest absolute Gasteiger partial charge is 0.337 e. The number of carbonyl (C=O) groups excluding carboxylic acids is 1. The van der Waals surface area contributed by atoms with Crippen molar-refractivity contribution in [2.24, 2.45) is 0 Å². The molecular weight excluding hydrogens is 261 g/mol. The van der Waals surface area contributed by atoms with Gasteiger partial charge >= 0.3 is 0 Å². The fraction of sp³-hybridized carbons (Fsp3) is 0.267. The monoisotopic (exact) mass is 277 g/mol. The van der Waals surface area contributed by atoms with Crippen molar-refractivity contribution in [3.05, 3.63) is 57.0 Å². The number of hydrogen-bond acceptors (Lipinski definition) is 2. The highest BCUT2D eigenvalue weighted by molar-refractivity contribution is 7.12. The lowest BCUT2D eigenvalue weighted by atomic mass is 10.1. The Balaban J connectivity index is 2.16. The van der Waals surface area contributed by atoms with Gasteiger partial charge in [-0.1, -0.05) is 18.2 Å². The maximum atomic E-state index is 13.6. The number of carbonyl (C=O) groups is 1. The molecule has 0 radical (unpaired) electrons.